The number of nitrogens with one attached hydrogen (secondary N) is 2. The summed E-state index contributed by atoms with van der Waals surface area (Å²) in [4.78, 5) is 41.0. The Labute approximate surface area is 204 Å². The number of aryl methyl sites for hydroxylation is 1. The summed E-state index contributed by atoms with van der Waals surface area (Å²) in [5.74, 6) is -0.757. The number of hydrogen-bond acceptors (Lipinski definition) is 6. The van der Waals surface area contributed by atoms with Gasteiger partial charge in [-0.1, -0.05) is 43.7 Å². The first-order valence-electron chi connectivity index (χ1n) is 11.7. The van der Waals surface area contributed by atoms with Crippen molar-refractivity contribution in [2.24, 2.45) is 5.92 Å². The average molecular weight is 481 g/mol. The first-order valence-corrected chi connectivity index (χ1v) is 11.7. The molecule has 0 saturated heterocycles. The van der Waals surface area contributed by atoms with Crippen LogP contribution >= 0.6 is 0 Å². The Morgan fingerprint density at radius 1 is 1.14 bits per heavy atom. The van der Waals surface area contributed by atoms with Crippen LogP contribution in [0.5, 0.6) is 0 Å². The van der Waals surface area contributed by atoms with Crippen molar-refractivity contribution in [1.29, 1.82) is 0 Å². The molecule has 0 spiro atoms. The van der Waals surface area contributed by atoms with Gasteiger partial charge in [0.15, 0.2) is 0 Å². The topological polar surface area (TPSA) is 122 Å². The number of amides is 1. The number of nitrogens with zero attached hydrogens (tertiary/aromatic N) is 2. The number of aromatic nitrogens is 2. The lowest BCUT2D eigenvalue weighted by Crippen LogP contribution is -2.30. The first kappa shape index (κ1) is 25.7. The molecular weight excluding hydrogens is 448 g/mol. The molecule has 0 aliphatic carbocycles. The van der Waals surface area contributed by atoms with Gasteiger partial charge in [0.2, 0.25) is 0 Å². The molecule has 1 unspecified atom stereocenters. The van der Waals surface area contributed by atoms with Crippen LogP contribution in [0.4, 0.5) is 5.82 Å². The molecular formula is C26H32N4O5. The summed E-state index contributed by atoms with van der Waals surface area (Å²) in [6.45, 7) is 8.15. The molecule has 0 bridgehead atoms. The molecule has 9 heteroatoms. The van der Waals surface area contributed by atoms with Gasteiger partial charge >= 0.3 is 11.9 Å². The fourth-order valence-electron chi connectivity index (χ4n) is 3.79. The number of hydrogen-bond donors (Lipinski definition) is 3. The van der Waals surface area contributed by atoms with Gasteiger partial charge < -0.3 is 20.5 Å². The Bertz CT molecular complexity index is 1200. The maximum Gasteiger partial charge on any atom is 0.325 e. The quantitative estimate of drug-likeness (QED) is 0.357. The smallest absolute Gasteiger partial charge is 0.325 e. The molecule has 3 N–H and O–H groups in total. The summed E-state index contributed by atoms with van der Waals surface area (Å²) in [6, 6.07) is 10.0. The van der Waals surface area contributed by atoms with Crippen molar-refractivity contribution in [1.82, 2.24) is 14.7 Å². The van der Waals surface area contributed by atoms with Crippen LogP contribution in [0.1, 0.15) is 60.4 Å². The number of benzene rings is 1. The van der Waals surface area contributed by atoms with Crippen molar-refractivity contribution < 1.29 is 24.2 Å². The molecule has 0 aliphatic rings. The summed E-state index contributed by atoms with van der Waals surface area (Å²) in [6.07, 6.45) is 2.16. The average Bonchev–Trinajstić information content (AvgIpc) is 3.13. The maximum absolute atomic E-state index is 13.1. The number of fused-ring (bicyclic) bond motifs is 1. The van der Waals surface area contributed by atoms with Crippen LogP contribution in [0.2, 0.25) is 0 Å². The molecule has 35 heavy (non-hydrogen) atoms. The minimum atomic E-state index is -1.00. The van der Waals surface area contributed by atoms with Gasteiger partial charge in [-0.25, -0.2) is 4.98 Å². The number of carboxylic acids is 1. The number of aliphatic carboxylic acids is 1. The highest BCUT2D eigenvalue weighted by Crippen LogP contribution is 2.23. The van der Waals surface area contributed by atoms with E-state index in [9.17, 15) is 19.5 Å². The predicted octanol–water partition coefficient (Wildman–Crippen LogP) is 3.76. The van der Waals surface area contributed by atoms with Crippen molar-refractivity contribution in [3.8, 4) is 0 Å². The number of carbonyl (C=O) groups excluding carboxylic acids is 2. The number of imidazole rings is 1. The molecule has 0 radical (unpaired) electrons. The Morgan fingerprint density at radius 3 is 2.49 bits per heavy atom. The lowest BCUT2D eigenvalue weighted by molar-refractivity contribution is -0.141. The number of carbonyl (C=O) groups is 3. The van der Waals surface area contributed by atoms with Gasteiger partial charge in [0.1, 0.15) is 18.0 Å². The molecule has 1 aromatic carbocycles. The van der Waals surface area contributed by atoms with E-state index < -0.39 is 17.9 Å². The summed E-state index contributed by atoms with van der Waals surface area (Å²) in [5.41, 5.74) is 3.45. The molecule has 9 nitrogen and oxygen atoms in total. The van der Waals surface area contributed by atoms with Gasteiger partial charge in [-0.15, -0.1) is 0 Å². The third-order valence-corrected chi connectivity index (χ3v) is 5.43. The number of carboxylic acid groups (broad SMARTS) is 1. The molecule has 3 rings (SSSR count). The Hall–Kier alpha value is -3.88. The van der Waals surface area contributed by atoms with Crippen molar-refractivity contribution in [3.05, 3.63) is 65.0 Å². The van der Waals surface area contributed by atoms with E-state index >= 15 is 0 Å². The van der Waals surface area contributed by atoms with Gasteiger partial charge in [0.25, 0.3) is 5.91 Å². The van der Waals surface area contributed by atoms with E-state index in [2.05, 4.69) is 29.5 Å². The molecule has 186 valence electrons. The second-order valence-corrected chi connectivity index (χ2v) is 8.84. The van der Waals surface area contributed by atoms with Crippen molar-refractivity contribution >= 4 is 29.3 Å². The van der Waals surface area contributed by atoms with Crippen molar-refractivity contribution in [3.63, 3.8) is 0 Å². The highest BCUT2D eigenvalue weighted by molar-refractivity contribution is 5.95. The molecule has 0 aliphatic heterocycles. The third-order valence-electron chi connectivity index (χ3n) is 5.43. The largest absolute Gasteiger partial charge is 0.481 e. The number of ether oxygens (including phenoxy) is 1. The van der Waals surface area contributed by atoms with E-state index in [0.29, 0.717) is 36.0 Å². The number of rotatable bonds is 11. The molecule has 2 heterocycles. The predicted molar refractivity (Wildman–Crippen MR) is 132 cm³/mol. The van der Waals surface area contributed by atoms with E-state index in [0.717, 1.165) is 16.8 Å². The monoisotopic (exact) mass is 480 g/mol. The summed E-state index contributed by atoms with van der Waals surface area (Å²) in [5, 5.41) is 15.3. The molecule has 2 aromatic heterocycles. The minimum absolute atomic E-state index is 0.00237. The van der Waals surface area contributed by atoms with E-state index in [1.165, 1.54) is 0 Å². The second kappa shape index (κ2) is 11.5. The van der Waals surface area contributed by atoms with Gasteiger partial charge in [0.05, 0.1) is 24.8 Å². The lowest BCUT2D eigenvalue weighted by Gasteiger charge is -2.18. The van der Waals surface area contributed by atoms with Crippen LogP contribution < -0.4 is 10.6 Å². The molecule has 1 atom stereocenters. The van der Waals surface area contributed by atoms with Crippen molar-refractivity contribution in [2.45, 2.75) is 46.6 Å². The van der Waals surface area contributed by atoms with Gasteiger partial charge in [0, 0.05) is 11.8 Å². The Balaban J connectivity index is 1.87. The zero-order valence-electron chi connectivity index (χ0n) is 20.5. The summed E-state index contributed by atoms with van der Waals surface area (Å²) < 4.78 is 6.80. The fraction of sp³-hybridized carbons (Fsp3) is 0.385. The normalized spacial score (nSPS) is 11.9. The molecule has 1 amide bonds. The van der Waals surface area contributed by atoms with Crippen molar-refractivity contribution in [2.75, 3.05) is 18.5 Å². The Morgan fingerprint density at radius 2 is 1.86 bits per heavy atom. The van der Waals surface area contributed by atoms with Crippen LogP contribution in [0.15, 0.2) is 42.6 Å². The van der Waals surface area contributed by atoms with E-state index in [-0.39, 0.29) is 18.9 Å². The number of anilines is 1. The van der Waals surface area contributed by atoms with E-state index in [1.807, 2.05) is 31.2 Å². The first-order chi connectivity index (χ1) is 16.7. The van der Waals surface area contributed by atoms with Gasteiger partial charge in [-0.05, 0) is 43.9 Å². The number of pyridine rings is 1. The Kier molecular flexibility index (Phi) is 8.46. The van der Waals surface area contributed by atoms with E-state index in [4.69, 9.17) is 4.74 Å². The summed E-state index contributed by atoms with van der Waals surface area (Å²) in [7, 11) is 0. The lowest BCUT2D eigenvalue weighted by atomic mass is 10.0. The molecule has 0 fully saturated rings. The van der Waals surface area contributed by atoms with Crippen LogP contribution in [-0.2, 0) is 20.7 Å². The molecule has 0 saturated carbocycles. The highest BCUT2D eigenvalue weighted by atomic mass is 16.5. The number of esters is 1. The maximum atomic E-state index is 13.1. The minimum Gasteiger partial charge on any atom is -0.481 e. The third kappa shape index (κ3) is 6.81. The standard InChI is InChI=1S/C26H32N4O5/c1-5-35-24(33)15-27-25-21(12-16(2)3)28-22-13-19(10-11-30(22)25)26(34)29-20(14-23(31)32)18-8-6-17(4)7-9-18/h6-11,13,16,20,27H,5,12,14-15H2,1-4H3,(H,29,34)(H,31,32). The fourth-order valence-corrected chi connectivity index (χ4v) is 3.79. The zero-order chi connectivity index (χ0) is 25.5. The molecule has 3 aromatic rings. The van der Waals surface area contributed by atoms with Crippen LogP contribution in [0, 0.1) is 12.8 Å². The SMILES string of the molecule is CCOC(=O)CNc1c(CC(C)C)nc2cc(C(=O)NC(CC(=O)O)c3ccc(C)cc3)ccn12. The van der Waals surface area contributed by atoms with Gasteiger partial charge in [-0.2, -0.15) is 0 Å². The van der Waals surface area contributed by atoms with Gasteiger partial charge in [-0.3, -0.25) is 18.8 Å². The van der Waals surface area contributed by atoms with E-state index in [1.54, 1.807) is 29.7 Å². The second-order valence-electron chi connectivity index (χ2n) is 8.84. The highest BCUT2D eigenvalue weighted by Gasteiger charge is 2.21. The van der Waals surface area contributed by atoms with Crippen LogP contribution in [0.3, 0.4) is 0 Å². The zero-order valence-corrected chi connectivity index (χ0v) is 20.5. The van der Waals surface area contributed by atoms with Crippen LogP contribution in [-0.4, -0.2) is 45.5 Å². The van der Waals surface area contributed by atoms with Crippen LogP contribution in [0.25, 0.3) is 5.65 Å². The summed E-state index contributed by atoms with van der Waals surface area (Å²) >= 11 is 0.